The number of hydrogen-bond acceptors (Lipinski definition) is 2. The quantitative estimate of drug-likeness (QED) is 0.727. The molecule has 14 heavy (non-hydrogen) atoms. The number of hydrogen-bond donors (Lipinski definition) is 2. The predicted octanol–water partition coefficient (Wildman–Crippen LogP) is 2.35. The molecular formula is C9H9I2NO2. The van der Waals surface area contributed by atoms with Crippen LogP contribution >= 0.6 is 45.2 Å². The first kappa shape index (κ1) is 12.0. The van der Waals surface area contributed by atoms with E-state index in [4.69, 9.17) is 0 Å². The number of rotatable bonds is 2. The van der Waals surface area contributed by atoms with Crippen molar-refractivity contribution in [2.75, 3.05) is 6.54 Å². The van der Waals surface area contributed by atoms with Crippen LogP contribution in [0.1, 0.15) is 17.3 Å². The second kappa shape index (κ2) is 5.15. The number of nitrogens with one attached hydrogen (secondary N) is 1. The molecule has 0 aliphatic rings. The SMILES string of the molecule is CCNC(=O)c1cc(I)cc(I)c1O. The van der Waals surface area contributed by atoms with E-state index in [2.05, 4.69) is 27.9 Å². The van der Waals surface area contributed by atoms with Crippen LogP contribution in [0.4, 0.5) is 0 Å². The van der Waals surface area contributed by atoms with Gasteiger partial charge in [0.25, 0.3) is 5.91 Å². The second-order valence-corrected chi connectivity index (χ2v) is 5.05. The molecule has 5 heteroatoms. The lowest BCUT2D eigenvalue weighted by molar-refractivity contribution is 0.0953. The lowest BCUT2D eigenvalue weighted by atomic mass is 10.2. The zero-order chi connectivity index (χ0) is 10.7. The molecule has 1 rings (SSSR count). The molecule has 0 atom stereocenters. The fourth-order valence-corrected chi connectivity index (χ4v) is 2.84. The van der Waals surface area contributed by atoms with E-state index >= 15 is 0 Å². The summed E-state index contributed by atoms with van der Waals surface area (Å²) in [6, 6.07) is 3.49. The van der Waals surface area contributed by atoms with E-state index in [-0.39, 0.29) is 11.7 Å². The van der Waals surface area contributed by atoms with Crippen molar-refractivity contribution in [3.8, 4) is 5.75 Å². The molecule has 0 aliphatic carbocycles. The largest absolute Gasteiger partial charge is 0.506 e. The molecule has 0 spiro atoms. The number of phenolic OH excluding ortho intramolecular Hbond substituents is 1. The number of carbonyl (C=O) groups is 1. The monoisotopic (exact) mass is 417 g/mol. The van der Waals surface area contributed by atoms with Crippen LogP contribution in [0.5, 0.6) is 5.75 Å². The highest BCUT2D eigenvalue weighted by molar-refractivity contribution is 14.1. The number of halogens is 2. The molecule has 0 unspecified atom stereocenters. The van der Waals surface area contributed by atoms with E-state index in [0.29, 0.717) is 15.7 Å². The van der Waals surface area contributed by atoms with E-state index in [1.165, 1.54) is 0 Å². The molecule has 0 saturated carbocycles. The Bertz CT molecular complexity index is 366. The minimum atomic E-state index is -0.235. The fourth-order valence-electron chi connectivity index (χ4n) is 0.995. The third-order valence-corrected chi connectivity index (χ3v) is 3.06. The molecule has 0 aromatic heterocycles. The van der Waals surface area contributed by atoms with Gasteiger partial charge in [-0.05, 0) is 64.2 Å². The maximum atomic E-state index is 11.5. The van der Waals surface area contributed by atoms with Gasteiger partial charge in [-0.2, -0.15) is 0 Å². The van der Waals surface area contributed by atoms with Crippen molar-refractivity contribution in [3.63, 3.8) is 0 Å². The Morgan fingerprint density at radius 1 is 1.50 bits per heavy atom. The molecule has 1 amide bonds. The van der Waals surface area contributed by atoms with Crippen LogP contribution in [0.25, 0.3) is 0 Å². The smallest absolute Gasteiger partial charge is 0.255 e. The zero-order valence-corrected chi connectivity index (χ0v) is 11.8. The first-order valence-electron chi connectivity index (χ1n) is 4.02. The maximum absolute atomic E-state index is 11.5. The average Bonchev–Trinajstić information content (AvgIpc) is 2.11. The Kier molecular flexibility index (Phi) is 4.42. The molecular weight excluding hydrogens is 408 g/mol. The molecule has 1 aromatic rings. The summed E-state index contributed by atoms with van der Waals surface area (Å²) in [4.78, 5) is 11.5. The molecule has 0 bridgehead atoms. The molecule has 2 N–H and O–H groups in total. The van der Waals surface area contributed by atoms with Crippen LogP contribution in [0.2, 0.25) is 0 Å². The van der Waals surface area contributed by atoms with Gasteiger partial charge in [-0.3, -0.25) is 4.79 Å². The summed E-state index contributed by atoms with van der Waals surface area (Å²) in [6.07, 6.45) is 0. The Morgan fingerprint density at radius 2 is 2.14 bits per heavy atom. The van der Waals surface area contributed by atoms with Crippen molar-refractivity contribution >= 4 is 51.1 Å². The molecule has 0 saturated heterocycles. The first-order chi connectivity index (χ1) is 6.56. The van der Waals surface area contributed by atoms with Gasteiger partial charge >= 0.3 is 0 Å². The molecule has 0 aliphatic heterocycles. The number of carbonyl (C=O) groups excluding carboxylic acids is 1. The number of aromatic hydroxyl groups is 1. The summed E-state index contributed by atoms with van der Waals surface area (Å²) < 4.78 is 1.63. The summed E-state index contributed by atoms with van der Waals surface area (Å²) in [5.41, 5.74) is 0.336. The van der Waals surface area contributed by atoms with Crippen molar-refractivity contribution in [3.05, 3.63) is 24.8 Å². The van der Waals surface area contributed by atoms with Gasteiger partial charge in [0.1, 0.15) is 5.75 Å². The van der Waals surface area contributed by atoms with Crippen molar-refractivity contribution in [2.24, 2.45) is 0 Å². The van der Waals surface area contributed by atoms with Gasteiger partial charge in [0.15, 0.2) is 0 Å². The fraction of sp³-hybridized carbons (Fsp3) is 0.222. The Labute approximate surface area is 110 Å². The normalized spacial score (nSPS) is 9.93. The number of benzene rings is 1. The molecule has 3 nitrogen and oxygen atoms in total. The van der Waals surface area contributed by atoms with Crippen molar-refractivity contribution in [1.82, 2.24) is 5.32 Å². The summed E-state index contributed by atoms with van der Waals surface area (Å²) in [6.45, 7) is 2.40. The van der Waals surface area contributed by atoms with Crippen molar-refractivity contribution in [2.45, 2.75) is 6.92 Å². The minimum Gasteiger partial charge on any atom is -0.506 e. The number of amides is 1. The Hall–Kier alpha value is -0.0500. The highest BCUT2D eigenvalue weighted by Crippen LogP contribution is 2.26. The van der Waals surface area contributed by atoms with Crippen LogP contribution in [0, 0.1) is 7.14 Å². The van der Waals surface area contributed by atoms with Crippen molar-refractivity contribution < 1.29 is 9.90 Å². The van der Waals surface area contributed by atoms with Crippen LogP contribution in [-0.2, 0) is 0 Å². The maximum Gasteiger partial charge on any atom is 0.255 e. The minimum absolute atomic E-state index is 0.0527. The molecule has 0 fully saturated rings. The van der Waals surface area contributed by atoms with Crippen LogP contribution in [0.3, 0.4) is 0 Å². The van der Waals surface area contributed by atoms with Gasteiger partial charge in [-0.1, -0.05) is 0 Å². The van der Waals surface area contributed by atoms with Crippen molar-refractivity contribution in [1.29, 1.82) is 0 Å². The summed E-state index contributed by atoms with van der Waals surface area (Å²) in [7, 11) is 0. The topological polar surface area (TPSA) is 49.3 Å². The van der Waals surface area contributed by atoms with E-state index in [9.17, 15) is 9.90 Å². The lowest BCUT2D eigenvalue weighted by Crippen LogP contribution is -2.23. The first-order valence-corrected chi connectivity index (χ1v) is 6.18. The second-order valence-electron chi connectivity index (χ2n) is 2.64. The van der Waals surface area contributed by atoms with E-state index in [0.717, 1.165) is 3.57 Å². The van der Waals surface area contributed by atoms with Gasteiger partial charge in [-0.25, -0.2) is 0 Å². The highest BCUT2D eigenvalue weighted by Gasteiger charge is 2.13. The lowest BCUT2D eigenvalue weighted by Gasteiger charge is -2.06. The Balaban J connectivity index is 3.13. The van der Waals surface area contributed by atoms with Crippen LogP contribution in [-0.4, -0.2) is 17.6 Å². The third kappa shape index (κ3) is 2.72. The molecule has 0 radical (unpaired) electrons. The zero-order valence-electron chi connectivity index (χ0n) is 7.47. The van der Waals surface area contributed by atoms with E-state index in [1.54, 1.807) is 6.07 Å². The van der Waals surface area contributed by atoms with Gasteiger partial charge < -0.3 is 10.4 Å². The highest BCUT2D eigenvalue weighted by atomic mass is 127. The van der Waals surface area contributed by atoms with Gasteiger partial charge in [0, 0.05) is 10.1 Å². The summed E-state index contributed by atoms with van der Waals surface area (Å²) in [5, 5.41) is 12.3. The standard InChI is InChI=1S/C9H9I2NO2/c1-2-12-9(14)6-3-5(10)4-7(11)8(6)13/h3-4,13H,2H2,1H3,(H,12,14). The molecule has 76 valence electrons. The summed E-state index contributed by atoms with van der Waals surface area (Å²) >= 11 is 4.12. The Morgan fingerprint density at radius 3 is 2.71 bits per heavy atom. The molecule has 1 aromatic carbocycles. The summed E-state index contributed by atoms with van der Waals surface area (Å²) in [5.74, 6) is -0.182. The molecule has 0 heterocycles. The van der Waals surface area contributed by atoms with E-state index in [1.807, 2.05) is 35.6 Å². The predicted molar refractivity (Wildman–Crippen MR) is 71.5 cm³/mol. The van der Waals surface area contributed by atoms with Gasteiger partial charge in [0.05, 0.1) is 9.13 Å². The van der Waals surface area contributed by atoms with Gasteiger partial charge in [0.2, 0.25) is 0 Å². The van der Waals surface area contributed by atoms with Crippen LogP contribution in [0.15, 0.2) is 12.1 Å². The van der Waals surface area contributed by atoms with Crippen LogP contribution < -0.4 is 5.32 Å². The average molecular weight is 417 g/mol. The van der Waals surface area contributed by atoms with Gasteiger partial charge in [-0.15, -0.1) is 0 Å². The number of phenols is 1. The van der Waals surface area contributed by atoms with E-state index < -0.39 is 0 Å². The third-order valence-electron chi connectivity index (χ3n) is 1.61.